The first-order valence-corrected chi connectivity index (χ1v) is 11.4. The van der Waals surface area contributed by atoms with Gasteiger partial charge in [0.05, 0.1) is 12.8 Å². The van der Waals surface area contributed by atoms with Crippen LogP contribution in [0.4, 0.5) is 5.69 Å². The van der Waals surface area contributed by atoms with Gasteiger partial charge in [0.15, 0.2) is 0 Å². The van der Waals surface area contributed by atoms with E-state index in [0.717, 1.165) is 39.4 Å². The Balaban J connectivity index is 1.79. The van der Waals surface area contributed by atoms with Crippen molar-refractivity contribution in [1.82, 2.24) is 4.57 Å². The van der Waals surface area contributed by atoms with E-state index in [1.165, 1.54) is 0 Å². The van der Waals surface area contributed by atoms with Crippen LogP contribution in [-0.4, -0.2) is 17.4 Å². The fraction of sp³-hybridized carbons (Fsp3) is 0.0323. The van der Waals surface area contributed by atoms with Crippen LogP contribution in [0.1, 0.15) is 11.1 Å². The van der Waals surface area contributed by atoms with Gasteiger partial charge in [-0.15, -0.1) is 0 Å². The maximum atomic E-state index is 13.9. The molecule has 0 aliphatic carbocycles. The summed E-state index contributed by atoms with van der Waals surface area (Å²) in [5.74, 6) is 0.755. The van der Waals surface area contributed by atoms with Gasteiger partial charge >= 0.3 is 0 Å². The molecule has 0 aliphatic heterocycles. The van der Waals surface area contributed by atoms with Crippen LogP contribution in [0, 0.1) is 0 Å². The average molecular weight is 457 g/mol. The molecule has 0 N–H and O–H groups in total. The highest BCUT2D eigenvalue weighted by atomic mass is 16.5. The molecule has 4 heteroatoms. The quantitative estimate of drug-likeness (QED) is 0.267. The predicted octanol–water partition coefficient (Wildman–Crippen LogP) is 6.68. The molecule has 0 atom stereocenters. The van der Waals surface area contributed by atoms with E-state index in [9.17, 15) is 4.79 Å². The Kier molecular flexibility index (Phi) is 6.35. The van der Waals surface area contributed by atoms with Crippen molar-refractivity contribution >= 4 is 11.4 Å². The number of hydrogen-bond donors (Lipinski definition) is 0. The lowest BCUT2D eigenvalue weighted by molar-refractivity contribution is 0.415. The summed E-state index contributed by atoms with van der Waals surface area (Å²) in [5, 5.41) is 0. The minimum absolute atomic E-state index is 0.186. The molecular formula is C31H24N2O2. The molecule has 0 spiro atoms. The Labute approximate surface area is 204 Å². The molecule has 0 saturated carbocycles. The molecule has 1 heterocycles. The van der Waals surface area contributed by atoms with E-state index < -0.39 is 0 Å². The van der Waals surface area contributed by atoms with E-state index in [1.54, 1.807) is 17.9 Å². The summed E-state index contributed by atoms with van der Waals surface area (Å²) in [5.41, 5.74) is 5.25. The summed E-state index contributed by atoms with van der Waals surface area (Å²) < 4.78 is 6.96. The van der Waals surface area contributed by atoms with Gasteiger partial charge in [-0.05, 0) is 35.9 Å². The Morgan fingerprint density at radius 2 is 1.23 bits per heavy atom. The van der Waals surface area contributed by atoms with Gasteiger partial charge in [0.25, 0.3) is 5.56 Å². The molecule has 5 aromatic rings. The lowest BCUT2D eigenvalue weighted by atomic mass is 10.0. The molecule has 0 radical (unpaired) electrons. The van der Waals surface area contributed by atoms with Crippen molar-refractivity contribution in [1.29, 1.82) is 0 Å². The van der Waals surface area contributed by atoms with Crippen LogP contribution in [0.2, 0.25) is 0 Å². The van der Waals surface area contributed by atoms with Gasteiger partial charge in [-0.25, -0.2) is 4.99 Å². The topological polar surface area (TPSA) is 43.6 Å². The maximum Gasteiger partial charge on any atom is 0.281 e. The highest BCUT2D eigenvalue weighted by Crippen LogP contribution is 2.30. The second-order valence-electron chi connectivity index (χ2n) is 8.01. The van der Waals surface area contributed by atoms with Crippen LogP contribution >= 0.6 is 0 Å². The largest absolute Gasteiger partial charge is 0.497 e. The van der Waals surface area contributed by atoms with Crippen molar-refractivity contribution in [2.75, 3.05) is 7.11 Å². The van der Waals surface area contributed by atoms with E-state index in [0.29, 0.717) is 5.69 Å². The highest BCUT2D eigenvalue weighted by Gasteiger charge is 2.16. The van der Waals surface area contributed by atoms with Crippen molar-refractivity contribution in [2.45, 2.75) is 0 Å². The summed E-state index contributed by atoms with van der Waals surface area (Å²) in [6.07, 6.45) is 1.81. The molecule has 5 rings (SSSR count). The van der Waals surface area contributed by atoms with Gasteiger partial charge in [0.2, 0.25) is 0 Å². The Morgan fingerprint density at radius 1 is 0.686 bits per heavy atom. The molecule has 0 amide bonds. The zero-order chi connectivity index (χ0) is 24.0. The lowest BCUT2D eigenvalue weighted by Gasteiger charge is -2.14. The predicted molar refractivity (Wildman–Crippen MR) is 142 cm³/mol. The van der Waals surface area contributed by atoms with Gasteiger partial charge in [-0.2, -0.15) is 0 Å². The van der Waals surface area contributed by atoms with Crippen molar-refractivity contribution in [2.24, 2.45) is 4.99 Å². The van der Waals surface area contributed by atoms with Crippen LogP contribution in [0.25, 0.3) is 16.8 Å². The molecule has 0 fully saturated rings. The summed E-state index contributed by atoms with van der Waals surface area (Å²) in [6.45, 7) is 0. The second kappa shape index (κ2) is 10.1. The number of aromatic nitrogens is 1. The first-order valence-electron chi connectivity index (χ1n) is 11.4. The Morgan fingerprint density at radius 3 is 1.77 bits per heavy atom. The zero-order valence-electron chi connectivity index (χ0n) is 19.3. The minimum atomic E-state index is -0.186. The summed E-state index contributed by atoms with van der Waals surface area (Å²) in [4.78, 5) is 19.0. The van der Waals surface area contributed by atoms with Gasteiger partial charge in [0.1, 0.15) is 11.4 Å². The van der Waals surface area contributed by atoms with E-state index in [2.05, 4.69) is 0 Å². The molecule has 35 heavy (non-hydrogen) atoms. The van der Waals surface area contributed by atoms with Gasteiger partial charge in [-0.1, -0.05) is 91.0 Å². The number of para-hydroxylation sites is 1. The molecule has 4 aromatic carbocycles. The van der Waals surface area contributed by atoms with Crippen molar-refractivity contribution < 1.29 is 4.74 Å². The van der Waals surface area contributed by atoms with Gasteiger partial charge in [-0.3, -0.25) is 9.36 Å². The summed E-state index contributed by atoms with van der Waals surface area (Å²) in [6, 6.07) is 39.1. The van der Waals surface area contributed by atoms with Crippen LogP contribution in [0.3, 0.4) is 0 Å². The maximum absolute atomic E-state index is 13.9. The third-order valence-corrected chi connectivity index (χ3v) is 5.82. The first-order chi connectivity index (χ1) is 17.2. The first kappa shape index (κ1) is 22.1. The third-order valence-electron chi connectivity index (χ3n) is 5.82. The molecule has 1 aromatic heterocycles. The monoisotopic (exact) mass is 456 g/mol. The fourth-order valence-electron chi connectivity index (χ4n) is 4.03. The Hall–Kier alpha value is -4.70. The number of methoxy groups -OCH3 is 1. The molecule has 170 valence electrons. The molecule has 0 aliphatic rings. The lowest BCUT2D eigenvalue weighted by Crippen LogP contribution is -2.18. The number of rotatable bonds is 6. The van der Waals surface area contributed by atoms with Crippen LogP contribution in [-0.2, 0) is 0 Å². The number of nitrogens with zero attached hydrogens (tertiary/aromatic N) is 2. The average Bonchev–Trinajstić information content (AvgIpc) is 2.94. The van der Waals surface area contributed by atoms with E-state index in [4.69, 9.17) is 9.73 Å². The van der Waals surface area contributed by atoms with Crippen LogP contribution < -0.4 is 10.3 Å². The van der Waals surface area contributed by atoms with Crippen LogP contribution in [0.15, 0.2) is 137 Å². The zero-order valence-corrected chi connectivity index (χ0v) is 19.3. The third kappa shape index (κ3) is 4.68. The standard InChI is InChI=1S/C31H24N2O2/c1-35-27-19-17-23(18-20-27)28-21-22-33(26-15-9-4-10-16-26)31(34)30(28)32-29(24-11-5-2-6-12-24)25-13-7-3-8-14-25/h2-22H,1H3. The van der Waals surface area contributed by atoms with Gasteiger partial charge in [0, 0.05) is 28.6 Å². The summed E-state index contributed by atoms with van der Waals surface area (Å²) >= 11 is 0. The van der Waals surface area contributed by atoms with Crippen molar-refractivity contribution in [3.8, 4) is 22.6 Å². The van der Waals surface area contributed by atoms with Crippen molar-refractivity contribution in [3.05, 3.63) is 149 Å². The molecule has 0 bridgehead atoms. The van der Waals surface area contributed by atoms with E-state index >= 15 is 0 Å². The van der Waals surface area contributed by atoms with Gasteiger partial charge < -0.3 is 4.74 Å². The second-order valence-corrected chi connectivity index (χ2v) is 8.01. The summed E-state index contributed by atoms with van der Waals surface area (Å²) in [7, 11) is 1.64. The van der Waals surface area contributed by atoms with E-state index in [-0.39, 0.29) is 5.56 Å². The number of ether oxygens (including phenoxy) is 1. The number of hydrogen-bond acceptors (Lipinski definition) is 3. The minimum Gasteiger partial charge on any atom is -0.497 e. The fourth-order valence-corrected chi connectivity index (χ4v) is 4.03. The van der Waals surface area contributed by atoms with Crippen molar-refractivity contribution in [3.63, 3.8) is 0 Å². The molecule has 0 saturated heterocycles. The molecule has 0 unspecified atom stereocenters. The van der Waals surface area contributed by atoms with E-state index in [1.807, 2.05) is 121 Å². The Bertz CT molecular complexity index is 1460. The normalized spacial score (nSPS) is 10.5. The molecule has 4 nitrogen and oxygen atoms in total. The highest BCUT2D eigenvalue weighted by molar-refractivity contribution is 6.14. The van der Waals surface area contributed by atoms with Crippen LogP contribution in [0.5, 0.6) is 5.75 Å². The number of pyridine rings is 1. The number of benzene rings is 4. The SMILES string of the molecule is COc1ccc(-c2ccn(-c3ccccc3)c(=O)c2N=C(c2ccccc2)c2ccccc2)cc1. The number of aliphatic imine (C=N–C) groups is 1. The smallest absolute Gasteiger partial charge is 0.281 e. The molecular weight excluding hydrogens is 432 g/mol.